The lowest BCUT2D eigenvalue weighted by Crippen LogP contribution is -2.36. The zero-order valence-electron chi connectivity index (χ0n) is 14.1. The number of amides is 1. The molecule has 1 amide bonds. The fourth-order valence-electron chi connectivity index (χ4n) is 3.33. The number of aryl methyl sites for hydroxylation is 1. The topological polar surface area (TPSA) is 76.2 Å². The average molecular weight is 354 g/mol. The second-order valence-corrected chi connectivity index (χ2v) is 8.15. The van der Waals surface area contributed by atoms with E-state index in [1.165, 1.54) is 25.6 Å². The molecule has 1 aromatic rings. The summed E-state index contributed by atoms with van der Waals surface area (Å²) in [5.74, 6) is 0.0488. The molecule has 7 nitrogen and oxygen atoms in total. The molecule has 0 bridgehead atoms. The van der Waals surface area contributed by atoms with Gasteiger partial charge in [-0.2, -0.15) is 4.31 Å². The second-order valence-electron chi connectivity index (χ2n) is 6.10. The number of ether oxygens (including phenoxy) is 2. The predicted molar refractivity (Wildman–Crippen MR) is 88.4 cm³/mol. The highest BCUT2D eigenvalue weighted by Gasteiger charge is 2.34. The van der Waals surface area contributed by atoms with Crippen molar-refractivity contribution in [1.82, 2.24) is 4.31 Å². The number of benzene rings is 1. The molecule has 0 atom stereocenters. The smallest absolute Gasteiger partial charge is 0.243 e. The van der Waals surface area contributed by atoms with Crippen molar-refractivity contribution >= 4 is 21.6 Å². The number of likely N-dealkylation sites (N-methyl/N-ethyl adjacent to an activating group) is 1. The summed E-state index contributed by atoms with van der Waals surface area (Å²) in [5.41, 5.74) is 2.66. The minimum Gasteiger partial charge on any atom is -0.355 e. The van der Waals surface area contributed by atoms with Gasteiger partial charge in [0.1, 0.15) is 0 Å². The van der Waals surface area contributed by atoms with Crippen LogP contribution >= 0.6 is 0 Å². The Morgan fingerprint density at radius 1 is 1.25 bits per heavy atom. The number of carbonyl (C=O) groups is 1. The maximum Gasteiger partial charge on any atom is 0.243 e. The zero-order chi connectivity index (χ0) is 17.5. The highest BCUT2D eigenvalue weighted by atomic mass is 32.2. The van der Waals surface area contributed by atoms with Gasteiger partial charge in [-0.05, 0) is 36.1 Å². The van der Waals surface area contributed by atoms with Gasteiger partial charge in [-0.1, -0.05) is 0 Å². The third kappa shape index (κ3) is 2.83. The van der Waals surface area contributed by atoms with Crippen LogP contribution in [0.25, 0.3) is 0 Å². The molecule has 2 heterocycles. The number of hydrogen-bond acceptors (Lipinski definition) is 5. The molecule has 0 radical (unpaired) electrons. The van der Waals surface area contributed by atoms with E-state index in [-0.39, 0.29) is 23.8 Å². The van der Waals surface area contributed by atoms with Crippen molar-refractivity contribution in [2.45, 2.75) is 30.4 Å². The van der Waals surface area contributed by atoms with Crippen LogP contribution in [-0.4, -0.2) is 59.3 Å². The second kappa shape index (κ2) is 6.44. The largest absolute Gasteiger partial charge is 0.355 e. The Hall–Kier alpha value is -1.48. The van der Waals surface area contributed by atoms with Crippen LogP contribution in [0.1, 0.15) is 17.5 Å². The van der Waals surface area contributed by atoms with E-state index < -0.39 is 16.3 Å². The first-order valence-corrected chi connectivity index (χ1v) is 9.30. The standard InChI is InChI=1S/C16H22N2O5S/c1-17(10-15(22-2)23-3)24(20,21)13-7-11-5-4-6-18-14(19)9-12(8-13)16(11)18/h7-8,15H,4-6,9-10H2,1-3H3. The first kappa shape index (κ1) is 17.3. The summed E-state index contributed by atoms with van der Waals surface area (Å²) in [6.45, 7) is 0.807. The van der Waals surface area contributed by atoms with E-state index in [2.05, 4.69) is 0 Å². The third-order valence-corrected chi connectivity index (χ3v) is 6.42. The van der Waals surface area contributed by atoms with Crippen molar-refractivity contribution in [3.8, 4) is 0 Å². The van der Waals surface area contributed by atoms with Crippen LogP contribution in [0.4, 0.5) is 5.69 Å². The molecule has 0 N–H and O–H groups in total. The molecule has 1 aromatic carbocycles. The molecular weight excluding hydrogens is 332 g/mol. The van der Waals surface area contributed by atoms with Gasteiger partial charge in [0.25, 0.3) is 0 Å². The van der Waals surface area contributed by atoms with Crippen LogP contribution in [-0.2, 0) is 37.1 Å². The van der Waals surface area contributed by atoms with Gasteiger partial charge in [-0.15, -0.1) is 0 Å². The monoisotopic (exact) mass is 354 g/mol. The maximum atomic E-state index is 12.9. The Morgan fingerprint density at radius 2 is 1.92 bits per heavy atom. The summed E-state index contributed by atoms with van der Waals surface area (Å²) in [5, 5.41) is 0. The summed E-state index contributed by atoms with van der Waals surface area (Å²) < 4.78 is 37.1. The van der Waals surface area contributed by atoms with Crippen molar-refractivity contribution in [1.29, 1.82) is 0 Å². The lowest BCUT2D eigenvalue weighted by molar-refractivity contribution is -0.117. The molecule has 0 saturated carbocycles. The van der Waals surface area contributed by atoms with Crippen molar-refractivity contribution in [2.24, 2.45) is 0 Å². The zero-order valence-corrected chi connectivity index (χ0v) is 14.9. The summed E-state index contributed by atoms with van der Waals surface area (Å²) in [7, 11) is 0.754. The minimum atomic E-state index is -3.68. The number of nitrogens with zero attached hydrogens (tertiary/aromatic N) is 2. The molecule has 0 spiro atoms. The van der Waals surface area contributed by atoms with Crippen molar-refractivity contribution < 1.29 is 22.7 Å². The first-order chi connectivity index (χ1) is 11.4. The van der Waals surface area contributed by atoms with Crippen LogP contribution in [0.3, 0.4) is 0 Å². The molecule has 2 aliphatic heterocycles. The van der Waals surface area contributed by atoms with Crippen molar-refractivity contribution in [3.63, 3.8) is 0 Å². The number of carbonyl (C=O) groups excluding carboxylic acids is 1. The lowest BCUT2D eigenvalue weighted by atomic mass is 10.0. The highest BCUT2D eigenvalue weighted by Crippen LogP contribution is 2.38. The molecule has 0 unspecified atom stereocenters. The fraction of sp³-hybridized carbons (Fsp3) is 0.562. The van der Waals surface area contributed by atoms with Gasteiger partial charge in [-0.25, -0.2) is 8.42 Å². The van der Waals surface area contributed by atoms with Gasteiger partial charge in [0, 0.05) is 27.8 Å². The number of methoxy groups -OCH3 is 2. The number of rotatable bonds is 6. The van der Waals surface area contributed by atoms with E-state index in [1.807, 2.05) is 0 Å². The van der Waals surface area contributed by atoms with Gasteiger partial charge in [-0.3, -0.25) is 4.79 Å². The van der Waals surface area contributed by atoms with Crippen molar-refractivity contribution in [2.75, 3.05) is 39.3 Å². The first-order valence-electron chi connectivity index (χ1n) is 7.86. The minimum absolute atomic E-state index is 0.0488. The molecule has 3 rings (SSSR count). The molecule has 0 aromatic heterocycles. The molecule has 2 aliphatic rings. The van der Waals surface area contributed by atoms with Crippen LogP contribution in [0.5, 0.6) is 0 Å². The van der Waals surface area contributed by atoms with Gasteiger partial charge < -0.3 is 14.4 Å². The van der Waals surface area contributed by atoms with Crippen LogP contribution in [0, 0.1) is 0 Å². The number of hydrogen-bond donors (Lipinski definition) is 0. The Kier molecular flexibility index (Phi) is 4.65. The Morgan fingerprint density at radius 3 is 2.58 bits per heavy atom. The molecule has 132 valence electrons. The Labute approximate surface area is 142 Å². The molecule has 0 saturated heterocycles. The normalized spacial score (nSPS) is 17.0. The summed E-state index contributed by atoms with van der Waals surface area (Å²) >= 11 is 0. The van der Waals surface area contributed by atoms with Crippen molar-refractivity contribution in [3.05, 3.63) is 23.3 Å². The van der Waals surface area contributed by atoms with Gasteiger partial charge in [0.15, 0.2) is 6.29 Å². The maximum absolute atomic E-state index is 12.9. The summed E-state index contributed by atoms with van der Waals surface area (Å²) in [4.78, 5) is 14.1. The van der Waals surface area contributed by atoms with Gasteiger partial charge >= 0.3 is 0 Å². The molecular formula is C16H22N2O5S. The molecule has 8 heteroatoms. The molecule has 0 aliphatic carbocycles. The van der Waals surface area contributed by atoms with E-state index in [1.54, 1.807) is 17.0 Å². The number of sulfonamides is 1. The molecule has 24 heavy (non-hydrogen) atoms. The predicted octanol–water partition coefficient (Wildman–Crippen LogP) is 0.761. The van der Waals surface area contributed by atoms with Gasteiger partial charge in [0.05, 0.1) is 23.5 Å². The average Bonchev–Trinajstić information content (AvgIpc) is 2.90. The van der Waals surface area contributed by atoms with Gasteiger partial charge in [0.2, 0.25) is 15.9 Å². The summed E-state index contributed by atoms with van der Waals surface area (Å²) in [6, 6.07) is 3.33. The van der Waals surface area contributed by atoms with Crippen LogP contribution < -0.4 is 4.90 Å². The highest BCUT2D eigenvalue weighted by molar-refractivity contribution is 7.89. The van der Waals surface area contributed by atoms with E-state index in [9.17, 15) is 13.2 Å². The summed E-state index contributed by atoms with van der Waals surface area (Å²) in [6.07, 6.45) is 1.29. The van der Waals surface area contributed by atoms with E-state index >= 15 is 0 Å². The van der Waals surface area contributed by atoms with Crippen LogP contribution in [0.15, 0.2) is 17.0 Å². The fourth-order valence-corrected chi connectivity index (χ4v) is 4.59. The molecule has 0 fully saturated rings. The van der Waals surface area contributed by atoms with E-state index in [0.29, 0.717) is 6.54 Å². The van der Waals surface area contributed by atoms with Crippen LogP contribution in [0.2, 0.25) is 0 Å². The quantitative estimate of drug-likeness (QED) is 0.705. The SMILES string of the molecule is COC(CN(C)S(=O)(=O)c1cc2c3c(c1)CC(=O)N3CCC2)OC. The third-order valence-electron chi connectivity index (χ3n) is 4.62. The van der Waals surface area contributed by atoms with E-state index in [4.69, 9.17) is 9.47 Å². The Balaban J connectivity index is 1.96. The lowest BCUT2D eigenvalue weighted by Gasteiger charge is -2.27. The van der Waals surface area contributed by atoms with E-state index in [0.717, 1.165) is 29.7 Å². The Bertz CT molecular complexity index is 758. The number of anilines is 1.